The summed E-state index contributed by atoms with van der Waals surface area (Å²) in [4.78, 5) is 13.4. The van der Waals surface area contributed by atoms with Crippen LogP contribution in [0, 0.1) is 11.3 Å². The van der Waals surface area contributed by atoms with Gasteiger partial charge in [0.2, 0.25) is 5.91 Å². The van der Waals surface area contributed by atoms with E-state index in [1.54, 1.807) is 0 Å². The molecule has 2 aromatic rings. The van der Waals surface area contributed by atoms with Gasteiger partial charge in [-0.05, 0) is 67.6 Å². The van der Waals surface area contributed by atoms with Gasteiger partial charge in [-0.1, -0.05) is 30.3 Å². The van der Waals surface area contributed by atoms with Crippen molar-refractivity contribution in [2.24, 2.45) is 11.3 Å². The van der Waals surface area contributed by atoms with Gasteiger partial charge >= 0.3 is 0 Å². The van der Waals surface area contributed by atoms with Gasteiger partial charge in [-0.3, -0.25) is 9.00 Å². The molecule has 1 aliphatic heterocycles. The lowest BCUT2D eigenvalue weighted by molar-refractivity contribution is -0.118. The van der Waals surface area contributed by atoms with Crippen LogP contribution in [0.25, 0.3) is 0 Å². The molecule has 4 nitrogen and oxygen atoms in total. The zero-order chi connectivity index (χ0) is 18.0. The van der Waals surface area contributed by atoms with Crippen LogP contribution in [0.1, 0.15) is 24.8 Å². The minimum atomic E-state index is -1.08. The van der Waals surface area contributed by atoms with Crippen molar-refractivity contribution < 1.29 is 9.00 Å². The maximum Gasteiger partial charge on any atom is 0.228 e. The van der Waals surface area contributed by atoms with Crippen molar-refractivity contribution in [3.05, 3.63) is 60.2 Å². The second-order valence-corrected chi connectivity index (χ2v) is 8.81. The first-order valence-electron chi connectivity index (χ1n) is 9.20. The molecule has 1 spiro atoms. The number of carbonyl (C=O) groups is 1. The van der Waals surface area contributed by atoms with Crippen LogP contribution in [0.5, 0.6) is 0 Å². The molecule has 4 rings (SSSR count). The largest absolute Gasteiger partial charge is 0.326 e. The van der Waals surface area contributed by atoms with E-state index in [0.29, 0.717) is 5.75 Å². The molecule has 2 aliphatic rings. The number of anilines is 1. The summed E-state index contributed by atoms with van der Waals surface area (Å²) in [5, 5.41) is 6.44. The van der Waals surface area contributed by atoms with E-state index in [9.17, 15) is 9.00 Å². The number of piperidine rings is 1. The summed E-state index contributed by atoms with van der Waals surface area (Å²) in [6.45, 7) is 2.04. The molecule has 2 aromatic carbocycles. The van der Waals surface area contributed by atoms with E-state index in [0.717, 1.165) is 48.5 Å². The number of hydrogen-bond donors (Lipinski definition) is 2. The highest BCUT2D eigenvalue weighted by Crippen LogP contribution is 2.58. The number of carbonyl (C=O) groups excluding carboxylic acids is 1. The summed E-state index contributed by atoms with van der Waals surface area (Å²) in [7, 11) is -1.08. The summed E-state index contributed by atoms with van der Waals surface area (Å²) >= 11 is 0. The Morgan fingerprint density at radius 1 is 1.12 bits per heavy atom. The summed E-state index contributed by atoms with van der Waals surface area (Å²) in [6.07, 6.45) is 3.21. The molecular formula is C21H24N2O2S. The predicted molar refractivity (Wildman–Crippen MR) is 104 cm³/mol. The molecule has 2 fully saturated rings. The van der Waals surface area contributed by atoms with Gasteiger partial charge in [0, 0.05) is 16.5 Å². The van der Waals surface area contributed by atoms with Crippen LogP contribution in [0.3, 0.4) is 0 Å². The van der Waals surface area contributed by atoms with Crippen molar-refractivity contribution in [3.63, 3.8) is 0 Å². The van der Waals surface area contributed by atoms with Crippen LogP contribution in [-0.4, -0.2) is 23.2 Å². The van der Waals surface area contributed by atoms with Crippen LogP contribution in [0.4, 0.5) is 5.69 Å². The van der Waals surface area contributed by atoms with Gasteiger partial charge in [0.05, 0.1) is 16.6 Å². The van der Waals surface area contributed by atoms with E-state index in [-0.39, 0.29) is 17.2 Å². The van der Waals surface area contributed by atoms with Gasteiger partial charge in [0.1, 0.15) is 0 Å². The van der Waals surface area contributed by atoms with E-state index in [1.165, 1.54) is 0 Å². The maximum atomic E-state index is 12.6. The Labute approximate surface area is 156 Å². The van der Waals surface area contributed by atoms with Crippen molar-refractivity contribution in [1.82, 2.24) is 5.32 Å². The van der Waals surface area contributed by atoms with Crippen LogP contribution >= 0.6 is 0 Å². The van der Waals surface area contributed by atoms with Crippen LogP contribution in [0.2, 0.25) is 0 Å². The SMILES string of the molecule is O=C(Nc1cccc(CS(=O)c2ccccc2)c1)C1CC12CCNCC2. The van der Waals surface area contributed by atoms with Crippen molar-refractivity contribution in [2.45, 2.75) is 29.9 Å². The lowest BCUT2D eigenvalue weighted by Gasteiger charge is -2.23. The highest BCUT2D eigenvalue weighted by Gasteiger charge is 2.57. The first kappa shape index (κ1) is 17.4. The van der Waals surface area contributed by atoms with Crippen LogP contribution in [0.15, 0.2) is 59.5 Å². The minimum Gasteiger partial charge on any atom is -0.326 e. The minimum absolute atomic E-state index is 0.133. The monoisotopic (exact) mass is 368 g/mol. The van der Waals surface area contributed by atoms with Gasteiger partial charge < -0.3 is 10.6 Å². The van der Waals surface area contributed by atoms with E-state index >= 15 is 0 Å². The fourth-order valence-electron chi connectivity index (χ4n) is 3.97. The number of nitrogens with one attached hydrogen (secondary N) is 2. The molecule has 1 aliphatic carbocycles. The Bertz CT molecular complexity index is 816. The molecule has 136 valence electrons. The molecule has 1 heterocycles. The molecule has 0 radical (unpaired) electrons. The lowest BCUT2D eigenvalue weighted by Crippen LogP contribution is -2.31. The summed E-state index contributed by atoms with van der Waals surface area (Å²) < 4.78 is 12.5. The molecule has 0 aromatic heterocycles. The molecule has 26 heavy (non-hydrogen) atoms. The third-order valence-electron chi connectivity index (χ3n) is 5.60. The molecule has 1 saturated heterocycles. The lowest BCUT2D eigenvalue weighted by atomic mass is 9.92. The van der Waals surface area contributed by atoms with Crippen molar-refractivity contribution in [1.29, 1.82) is 0 Å². The molecule has 2 N–H and O–H groups in total. The molecule has 2 atom stereocenters. The number of amides is 1. The van der Waals surface area contributed by atoms with Crippen molar-refractivity contribution in [2.75, 3.05) is 18.4 Å². The van der Waals surface area contributed by atoms with E-state index in [1.807, 2.05) is 54.6 Å². The topological polar surface area (TPSA) is 58.2 Å². The average Bonchev–Trinajstić information content (AvgIpc) is 3.36. The standard InChI is InChI=1S/C21H24N2O2S/c24-20(19-14-21(19)9-11-22-12-10-21)23-17-6-4-5-16(13-17)15-26(25)18-7-2-1-3-8-18/h1-8,13,19,22H,9-12,14-15H2,(H,23,24). The Hall–Kier alpha value is -1.98. The molecule has 1 saturated carbocycles. The average molecular weight is 369 g/mol. The van der Waals surface area contributed by atoms with Crippen molar-refractivity contribution in [3.8, 4) is 0 Å². The third kappa shape index (κ3) is 3.74. The van der Waals surface area contributed by atoms with Crippen LogP contribution in [-0.2, 0) is 21.3 Å². The van der Waals surface area contributed by atoms with Gasteiger partial charge in [0.15, 0.2) is 0 Å². The van der Waals surface area contributed by atoms with Crippen molar-refractivity contribution >= 4 is 22.4 Å². The quantitative estimate of drug-likeness (QED) is 0.851. The van der Waals surface area contributed by atoms with Gasteiger partial charge in [-0.25, -0.2) is 0 Å². The molecular weight excluding hydrogens is 344 g/mol. The van der Waals surface area contributed by atoms with E-state index < -0.39 is 10.8 Å². The van der Waals surface area contributed by atoms with Gasteiger partial charge in [-0.15, -0.1) is 0 Å². The zero-order valence-electron chi connectivity index (χ0n) is 14.7. The first-order valence-corrected chi connectivity index (χ1v) is 10.5. The van der Waals surface area contributed by atoms with Gasteiger partial charge in [0.25, 0.3) is 0 Å². The van der Waals surface area contributed by atoms with E-state index in [4.69, 9.17) is 0 Å². The smallest absolute Gasteiger partial charge is 0.228 e. The Morgan fingerprint density at radius 3 is 2.65 bits per heavy atom. The third-order valence-corrected chi connectivity index (χ3v) is 7.00. The van der Waals surface area contributed by atoms with E-state index in [2.05, 4.69) is 10.6 Å². The first-order chi connectivity index (χ1) is 12.7. The maximum absolute atomic E-state index is 12.6. The highest BCUT2D eigenvalue weighted by atomic mass is 32.2. The molecule has 2 unspecified atom stereocenters. The number of hydrogen-bond acceptors (Lipinski definition) is 3. The Kier molecular flexibility index (Phi) is 4.92. The van der Waals surface area contributed by atoms with Gasteiger partial charge in [-0.2, -0.15) is 0 Å². The fraction of sp³-hybridized carbons (Fsp3) is 0.381. The number of benzene rings is 2. The summed E-state index contributed by atoms with van der Waals surface area (Å²) in [5.74, 6) is 0.729. The molecule has 1 amide bonds. The predicted octanol–water partition coefficient (Wildman–Crippen LogP) is 3.32. The zero-order valence-corrected chi connectivity index (χ0v) is 15.6. The molecule has 0 bridgehead atoms. The second-order valence-electron chi connectivity index (χ2n) is 7.36. The highest BCUT2D eigenvalue weighted by molar-refractivity contribution is 7.84. The van der Waals surface area contributed by atoms with Crippen LogP contribution < -0.4 is 10.6 Å². The fourth-order valence-corrected chi connectivity index (χ4v) is 5.08. The summed E-state index contributed by atoms with van der Waals surface area (Å²) in [6, 6.07) is 17.2. The summed E-state index contributed by atoms with van der Waals surface area (Å²) in [5.41, 5.74) is 2.01. The number of rotatable bonds is 5. The Balaban J connectivity index is 1.39. The molecule has 5 heteroatoms. The Morgan fingerprint density at radius 2 is 1.88 bits per heavy atom. The second kappa shape index (κ2) is 7.33. The normalized spacial score (nSPS) is 21.9.